The molecule has 1 atom stereocenters. The molecule has 0 radical (unpaired) electrons. The highest BCUT2D eigenvalue weighted by Crippen LogP contribution is 2.31. The van der Waals surface area contributed by atoms with Gasteiger partial charge in [-0.1, -0.05) is 23.9 Å². The molecule has 7 nitrogen and oxygen atoms in total. The van der Waals surface area contributed by atoms with Crippen molar-refractivity contribution in [2.45, 2.75) is 29.8 Å². The summed E-state index contributed by atoms with van der Waals surface area (Å²) in [4.78, 5) is 4.40. The Bertz CT molecular complexity index is 1140. The number of benzene rings is 1. The van der Waals surface area contributed by atoms with Gasteiger partial charge in [0.1, 0.15) is 17.9 Å². The monoisotopic (exact) mass is 434 g/mol. The van der Waals surface area contributed by atoms with E-state index in [-0.39, 0.29) is 23.2 Å². The lowest BCUT2D eigenvalue weighted by Gasteiger charge is -2.10. The number of allylic oxidation sites excluding steroid dienone is 1. The molecule has 1 fully saturated rings. The van der Waals surface area contributed by atoms with E-state index in [4.69, 9.17) is 4.42 Å². The SMILES string of the molecule is C=CCn1c(SCc2coc(-c3cccc(F)c3)n2)nnc1C1CCS(=O)(=O)C1. The summed E-state index contributed by atoms with van der Waals surface area (Å²) in [6.07, 6.45) is 3.83. The van der Waals surface area contributed by atoms with Crippen LogP contribution >= 0.6 is 11.8 Å². The zero-order chi connectivity index (χ0) is 20.4. The second-order valence-corrected chi connectivity index (χ2v) is 9.95. The topological polar surface area (TPSA) is 90.9 Å². The first kappa shape index (κ1) is 19.8. The van der Waals surface area contributed by atoms with Crippen LogP contribution in [0.5, 0.6) is 0 Å². The number of oxazole rings is 1. The van der Waals surface area contributed by atoms with Gasteiger partial charge in [-0.25, -0.2) is 17.8 Å². The summed E-state index contributed by atoms with van der Waals surface area (Å²) < 4.78 is 44.4. The molecule has 0 spiro atoms. The lowest BCUT2D eigenvalue weighted by Crippen LogP contribution is -2.11. The fourth-order valence-corrected chi connectivity index (χ4v) is 5.85. The van der Waals surface area contributed by atoms with Gasteiger partial charge in [0.25, 0.3) is 0 Å². The number of aromatic nitrogens is 4. The normalized spacial score (nSPS) is 18.2. The summed E-state index contributed by atoms with van der Waals surface area (Å²) in [6, 6.07) is 6.06. The molecule has 3 aromatic rings. The largest absolute Gasteiger partial charge is 0.444 e. The molecule has 1 unspecified atom stereocenters. The van der Waals surface area contributed by atoms with Crippen molar-refractivity contribution in [3.05, 3.63) is 60.5 Å². The van der Waals surface area contributed by atoms with Gasteiger partial charge in [-0.2, -0.15) is 0 Å². The average molecular weight is 435 g/mol. The van der Waals surface area contributed by atoms with Crippen LogP contribution in [0.2, 0.25) is 0 Å². The van der Waals surface area contributed by atoms with Crippen molar-refractivity contribution < 1.29 is 17.2 Å². The third kappa shape index (κ3) is 4.43. The van der Waals surface area contributed by atoms with E-state index >= 15 is 0 Å². The molecule has 0 saturated carbocycles. The lowest BCUT2D eigenvalue weighted by molar-refractivity contribution is 0.571. The van der Waals surface area contributed by atoms with Crippen molar-refractivity contribution >= 4 is 21.6 Å². The van der Waals surface area contributed by atoms with Crippen LogP contribution < -0.4 is 0 Å². The number of thioether (sulfide) groups is 1. The van der Waals surface area contributed by atoms with E-state index < -0.39 is 9.84 Å². The Hall–Kier alpha value is -2.46. The predicted molar refractivity (Wildman–Crippen MR) is 108 cm³/mol. The van der Waals surface area contributed by atoms with Crippen LogP contribution in [0.4, 0.5) is 4.39 Å². The highest BCUT2D eigenvalue weighted by Gasteiger charge is 2.33. The summed E-state index contributed by atoms with van der Waals surface area (Å²) in [6.45, 7) is 4.27. The van der Waals surface area contributed by atoms with E-state index in [0.29, 0.717) is 46.8 Å². The van der Waals surface area contributed by atoms with Crippen LogP contribution in [0.3, 0.4) is 0 Å². The predicted octanol–water partition coefficient (Wildman–Crippen LogP) is 3.45. The zero-order valence-corrected chi connectivity index (χ0v) is 17.1. The third-order valence-corrected chi connectivity index (χ3v) is 7.40. The number of rotatable bonds is 7. The van der Waals surface area contributed by atoms with E-state index in [1.165, 1.54) is 30.2 Å². The minimum absolute atomic E-state index is 0.104. The van der Waals surface area contributed by atoms with Gasteiger partial charge in [-0.15, -0.1) is 16.8 Å². The molecule has 3 heterocycles. The molecular weight excluding hydrogens is 415 g/mol. The maximum absolute atomic E-state index is 13.4. The standard InChI is InChI=1S/C19H19FN4O3S2/c1-2-7-24-17(14-6-8-29(25,26)12-14)22-23-19(24)28-11-16-10-27-18(21-16)13-4-3-5-15(20)9-13/h2-5,9-10,14H,1,6-8,11-12H2. The summed E-state index contributed by atoms with van der Waals surface area (Å²) in [7, 11) is -3.01. The van der Waals surface area contributed by atoms with Gasteiger partial charge in [0.05, 0.1) is 17.2 Å². The Kier molecular flexibility index (Phi) is 5.55. The highest BCUT2D eigenvalue weighted by atomic mass is 32.2. The van der Waals surface area contributed by atoms with Gasteiger partial charge < -0.3 is 8.98 Å². The molecule has 29 heavy (non-hydrogen) atoms. The van der Waals surface area contributed by atoms with Gasteiger partial charge in [-0.3, -0.25) is 0 Å². The molecule has 0 N–H and O–H groups in total. The molecular formula is C19H19FN4O3S2. The minimum Gasteiger partial charge on any atom is -0.444 e. The molecule has 1 saturated heterocycles. The van der Waals surface area contributed by atoms with Crippen molar-refractivity contribution in [3.8, 4) is 11.5 Å². The third-order valence-electron chi connectivity index (χ3n) is 4.63. The first-order chi connectivity index (χ1) is 13.9. The second-order valence-electron chi connectivity index (χ2n) is 6.78. The van der Waals surface area contributed by atoms with Gasteiger partial charge in [0.2, 0.25) is 5.89 Å². The van der Waals surface area contributed by atoms with Crippen LogP contribution in [-0.4, -0.2) is 39.7 Å². The molecule has 1 aliphatic heterocycles. The zero-order valence-electron chi connectivity index (χ0n) is 15.5. The quantitative estimate of drug-likeness (QED) is 0.415. The maximum atomic E-state index is 13.4. The van der Waals surface area contributed by atoms with E-state index in [1.807, 2.05) is 4.57 Å². The van der Waals surface area contributed by atoms with Crippen molar-refractivity contribution in [2.75, 3.05) is 11.5 Å². The van der Waals surface area contributed by atoms with Gasteiger partial charge in [0, 0.05) is 23.8 Å². The molecule has 10 heteroatoms. The molecule has 0 aliphatic carbocycles. The Morgan fingerprint density at radius 3 is 2.97 bits per heavy atom. The molecule has 0 amide bonds. The lowest BCUT2D eigenvalue weighted by atomic mass is 10.1. The van der Waals surface area contributed by atoms with Gasteiger partial charge >= 0.3 is 0 Å². The highest BCUT2D eigenvalue weighted by molar-refractivity contribution is 7.98. The van der Waals surface area contributed by atoms with Crippen LogP contribution in [0, 0.1) is 5.82 Å². The van der Waals surface area contributed by atoms with Crippen LogP contribution in [0.15, 0.2) is 52.8 Å². The minimum atomic E-state index is -3.01. The van der Waals surface area contributed by atoms with Crippen LogP contribution in [-0.2, 0) is 22.1 Å². The summed E-state index contributed by atoms with van der Waals surface area (Å²) in [5, 5.41) is 9.16. The average Bonchev–Trinajstić information content (AvgIpc) is 3.39. The van der Waals surface area contributed by atoms with Crippen molar-refractivity contribution in [3.63, 3.8) is 0 Å². The Morgan fingerprint density at radius 2 is 2.24 bits per heavy atom. The first-order valence-electron chi connectivity index (χ1n) is 9.03. The van der Waals surface area contributed by atoms with E-state index in [0.717, 1.165) is 0 Å². The Labute approximate surface area is 172 Å². The fraction of sp³-hybridized carbons (Fsp3) is 0.316. The Morgan fingerprint density at radius 1 is 1.38 bits per heavy atom. The number of hydrogen-bond acceptors (Lipinski definition) is 7. The maximum Gasteiger partial charge on any atom is 0.226 e. The van der Waals surface area contributed by atoms with Crippen molar-refractivity contribution in [1.29, 1.82) is 0 Å². The summed E-state index contributed by atoms with van der Waals surface area (Å²) >= 11 is 1.43. The molecule has 0 bridgehead atoms. The fourth-order valence-electron chi connectivity index (χ4n) is 3.27. The molecule has 4 rings (SSSR count). The van der Waals surface area contributed by atoms with Gasteiger partial charge in [-0.05, 0) is 24.6 Å². The smallest absolute Gasteiger partial charge is 0.226 e. The number of nitrogens with zero attached hydrogens (tertiary/aromatic N) is 4. The van der Waals surface area contributed by atoms with Crippen LogP contribution in [0.25, 0.3) is 11.5 Å². The van der Waals surface area contributed by atoms with Crippen molar-refractivity contribution in [1.82, 2.24) is 19.7 Å². The molecule has 2 aromatic heterocycles. The molecule has 1 aliphatic rings. The molecule has 1 aromatic carbocycles. The summed E-state index contributed by atoms with van der Waals surface area (Å²) in [5.74, 6) is 1.30. The molecule has 152 valence electrons. The van der Waals surface area contributed by atoms with E-state index in [1.54, 1.807) is 18.2 Å². The Balaban J connectivity index is 1.49. The van der Waals surface area contributed by atoms with E-state index in [9.17, 15) is 12.8 Å². The second kappa shape index (κ2) is 8.11. The van der Waals surface area contributed by atoms with Gasteiger partial charge in [0.15, 0.2) is 15.0 Å². The number of hydrogen-bond donors (Lipinski definition) is 0. The van der Waals surface area contributed by atoms with E-state index in [2.05, 4.69) is 21.8 Å². The summed E-state index contributed by atoms with van der Waals surface area (Å²) in [5.41, 5.74) is 1.26. The number of sulfone groups is 1. The van der Waals surface area contributed by atoms with Crippen LogP contribution in [0.1, 0.15) is 23.9 Å². The number of halogens is 1. The van der Waals surface area contributed by atoms with Crippen molar-refractivity contribution in [2.24, 2.45) is 0 Å². The first-order valence-corrected chi connectivity index (χ1v) is 11.8.